The van der Waals surface area contributed by atoms with Crippen LogP contribution in [0.5, 0.6) is 0 Å². The Morgan fingerprint density at radius 1 is 1.12 bits per heavy atom. The molecular formula is C21H31N3O7S. The van der Waals surface area contributed by atoms with E-state index in [9.17, 15) is 14.4 Å². The molecular weight excluding hydrogens is 438 g/mol. The third-order valence-corrected chi connectivity index (χ3v) is 4.82. The quantitative estimate of drug-likeness (QED) is 0.274. The molecule has 0 saturated heterocycles. The molecule has 1 N–H and O–H groups in total. The first-order chi connectivity index (χ1) is 14.7. The molecule has 2 rings (SSSR count). The minimum atomic E-state index is -1.25. The van der Waals surface area contributed by atoms with E-state index >= 15 is 0 Å². The number of ether oxygens (including phenoxy) is 3. The van der Waals surface area contributed by atoms with Gasteiger partial charge in [0.05, 0.1) is 6.61 Å². The van der Waals surface area contributed by atoms with Gasteiger partial charge in [0.25, 0.3) is 0 Å². The Labute approximate surface area is 191 Å². The summed E-state index contributed by atoms with van der Waals surface area (Å²) in [6.07, 6.45) is 0.931. The first-order valence-electron chi connectivity index (χ1n) is 10.4. The van der Waals surface area contributed by atoms with Crippen LogP contribution in [-0.2, 0) is 28.6 Å². The smallest absolute Gasteiger partial charge is 0.413 e. The van der Waals surface area contributed by atoms with E-state index in [4.69, 9.17) is 19.0 Å². The van der Waals surface area contributed by atoms with Gasteiger partial charge >= 0.3 is 18.0 Å². The van der Waals surface area contributed by atoms with E-state index in [1.54, 1.807) is 48.5 Å². The summed E-state index contributed by atoms with van der Waals surface area (Å²) in [5, 5.41) is 8.18. The Morgan fingerprint density at radius 2 is 1.75 bits per heavy atom. The average Bonchev–Trinajstić information content (AvgIpc) is 3.01. The predicted octanol–water partition coefficient (Wildman–Crippen LogP) is 4.04. The van der Waals surface area contributed by atoms with Crippen LogP contribution >= 0.6 is 11.3 Å². The number of anilines is 1. The number of hydrogen-bond donors (Lipinski definition) is 1. The molecule has 0 radical (unpaired) electrons. The fraction of sp³-hybridized carbons (Fsp3) is 0.667. The zero-order valence-electron chi connectivity index (χ0n) is 19.6. The van der Waals surface area contributed by atoms with Gasteiger partial charge in [0, 0.05) is 18.2 Å². The van der Waals surface area contributed by atoms with Crippen molar-refractivity contribution in [3.63, 3.8) is 0 Å². The molecule has 0 unspecified atom stereocenters. The van der Waals surface area contributed by atoms with Gasteiger partial charge in [0.2, 0.25) is 11.3 Å². The summed E-state index contributed by atoms with van der Waals surface area (Å²) in [5.41, 5.74) is -2.69. The zero-order chi connectivity index (χ0) is 24.2. The standard InChI is InChI=1S/C21H31N3O7S/c1-8-28-15(25)14(13-12-32-17(22-13)23-18(27)30-20(5,6)7)24-31-21(10-9-11-21)16(26)29-19(2,3)4/h12H,8-11H2,1-7H3,(H,22,23,27). The van der Waals surface area contributed by atoms with Gasteiger partial charge in [0.15, 0.2) is 5.13 Å². The second kappa shape index (κ2) is 9.85. The Kier molecular flexibility index (Phi) is 7.87. The van der Waals surface area contributed by atoms with Crippen molar-refractivity contribution in [3.8, 4) is 0 Å². The maximum absolute atomic E-state index is 12.6. The number of aromatic nitrogens is 1. The second-order valence-corrected chi connectivity index (χ2v) is 10.1. The molecule has 1 heterocycles. The molecule has 0 atom stereocenters. The van der Waals surface area contributed by atoms with Gasteiger partial charge in [-0.25, -0.2) is 19.4 Å². The van der Waals surface area contributed by atoms with E-state index < -0.39 is 34.8 Å². The maximum atomic E-state index is 12.6. The van der Waals surface area contributed by atoms with Gasteiger partial charge in [-0.3, -0.25) is 5.32 Å². The van der Waals surface area contributed by atoms with Gasteiger partial charge in [-0.2, -0.15) is 0 Å². The van der Waals surface area contributed by atoms with Gasteiger partial charge in [-0.05, 0) is 54.9 Å². The highest BCUT2D eigenvalue weighted by molar-refractivity contribution is 7.14. The van der Waals surface area contributed by atoms with E-state index in [2.05, 4.69) is 15.5 Å². The molecule has 0 bridgehead atoms. The Morgan fingerprint density at radius 3 is 2.25 bits per heavy atom. The average molecular weight is 470 g/mol. The topological polar surface area (TPSA) is 125 Å². The van der Waals surface area contributed by atoms with Gasteiger partial charge < -0.3 is 19.0 Å². The van der Waals surface area contributed by atoms with Crippen LogP contribution < -0.4 is 5.32 Å². The first-order valence-corrected chi connectivity index (χ1v) is 11.3. The first kappa shape index (κ1) is 25.6. The lowest BCUT2D eigenvalue weighted by atomic mass is 9.80. The van der Waals surface area contributed by atoms with Crippen molar-refractivity contribution in [3.05, 3.63) is 11.1 Å². The van der Waals surface area contributed by atoms with Gasteiger partial charge in [0.1, 0.15) is 16.9 Å². The number of carbonyl (C=O) groups is 3. The van der Waals surface area contributed by atoms with Crippen LogP contribution in [-0.4, -0.2) is 52.1 Å². The van der Waals surface area contributed by atoms with E-state index in [-0.39, 0.29) is 23.1 Å². The minimum absolute atomic E-state index is 0.113. The minimum Gasteiger partial charge on any atom is -0.461 e. The number of esters is 2. The lowest BCUT2D eigenvalue weighted by Crippen LogP contribution is -2.50. The van der Waals surface area contributed by atoms with Crippen LogP contribution in [0.15, 0.2) is 10.5 Å². The lowest BCUT2D eigenvalue weighted by Gasteiger charge is -2.38. The van der Waals surface area contributed by atoms with Gasteiger partial charge in [-0.15, -0.1) is 11.3 Å². The summed E-state index contributed by atoms with van der Waals surface area (Å²) in [4.78, 5) is 46.9. The highest BCUT2D eigenvalue weighted by atomic mass is 32.1. The Bertz CT molecular complexity index is 877. The summed E-state index contributed by atoms with van der Waals surface area (Å²) in [6.45, 7) is 12.3. The summed E-state index contributed by atoms with van der Waals surface area (Å²) in [6, 6.07) is 0. The second-order valence-electron chi connectivity index (χ2n) is 9.27. The van der Waals surface area contributed by atoms with Crippen LogP contribution in [0.2, 0.25) is 0 Å². The number of thiazole rings is 1. The summed E-state index contributed by atoms with van der Waals surface area (Å²) in [5.74, 6) is -1.30. The highest BCUT2D eigenvalue weighted by Crippen LogP contribution is 2.38. The largest absolute Gasteiger partial charge is 0.461 e. The molecule has 1 aromatic heterocycles. The van der Waals surface area contributed by atoms with Gasteiger partial charge in [-0.1, -0.05) is 5.16 Å². The fourth-order valence-electron chi connectivity index (χ4n) is 2.55. The van der Waals surface area contributed by atoms with E-state index in [0.717, 1.165) is 17.8 Å². The number of rotatable bonds is 7. The molecule has 1 saturated carbocycles. The van der Waals surface area contributed by atoms with Crippen LogP contribution in [0.4, 0.5) is 9.93 Å². The Hall–Kier alpha value is -2.69. The molecule has 1 aliphatic carbocycles. The zero-order valence-corrected chi connectivity index (χ0v) is 20.4. The molecule has 0 aromatic carbocycles. The van der Waals surface area contributed by atoms with Crippen LogP contribution in [0.1, 0.15) is 73.4 Å². The maximum Gasteiger partial charge on any atom is 0.413 e. The molecule has 11 heteroatoms. The molecule has 1 aromatic rings. The van der Waals surface area contributed by atoms with Crippen molar-refractivity contribution in [2.75, 3.05) is 11.9 Å². The molecule has 1 aliphatic rings. The van der Waals surface area contributed by atoms with Crippen molar-refractivity contribution in [2.24, 2.45) is 5.16 Å². The molecule has 10 nitrogen and oxygen atoms in total. The summed E-state index contributed by atoms with van der Waals surface area (Å²) < 4.78 is 15.7. The van der Waals surface area contributed by atoms with E-state index in [0.29, 0.717) is 12.8 Å². The normalized spacial score (nSPS) is 15.9. The lowest BCUT2D eigenvalue weighted by molar-refractivity contribution is -0.196. The fourth-order valence-corrected chi connectivity index (χ4v) is 3.23. The van der Waals surface area contributed by atoms with Crippen molar-refractivity contribution in [2.45, 2.75) is 84.5 Å². The molecule has 32 heavy (non-hydrogen) atoms. The predicted molar refractivity (Wildman–Crippen MR) is 119 cm³/mol. The number of nitrogens with one attached hydrogen (secondary N) is 1. The molecule has 178 valence electrons. The molecule has 1 fully saturated rings. The van der Waals surface area contributed by atoms with Crippen molar-refractivity contribution in [1.82, 2.24) is 4.98 Å². The number of nitrogens with zero attached hydrogens (tertiary/aromatic N) is 2. The SMILES string of the molecule is CCOC(=O)C(=NOC1(C(=O)OC(C)(C)C)CCC1)c1csc(NC(=O)OC(C)(C)C)n1. The third kappa shape index (κ3) is 7.18. The Balaban J connectivity index is 2.23. The number of amides is 1. The molecule has 0 spiro atoms. The van der Waals surface area contributed by atoms with Crippen LogP contribution in [0.3, 0.4) is 0 Å². The molecule has 1 amide bonds. The molecule has 0 aliphatic heterocycles. The third-order valence-electron chi connectivity index (χ3n) is 4.07. The van der Waals surface area contributed by atoms with Crippen molar-refractivity contribution >= 4 is 40.2 Å². The number of oxime groups is 1. The summed E-state index contributed by atoms with van der Waals surface area (Å²) >= 11 is 1.08. The monoisotopic (exact) mass is 469 g/mol. The van der Waals surface area contributed by atoms with E-state index in [1.807, 2.05) is 0 Å². The van der Waals surface area contributed by atoms with Crippen LogP contribution in [0.25, 0.3) is 0 Å². The number of hydrogen-bond acceptors (Lipinski definition) is 10. The van der Waals surface area contributed by atoms with Crippen molar-refractivity contribution in [1.29, 1.82) is 0 Å². The van der Waals surface area contributed by atoms with Crippen LogP contribution in [0, 0.1) is 0 Å². The number of carbonyl (C=O) groups excluding carboxylic acids is 3. The van der Waals surface area contributed by atoms with Crippen molar-refractivity contribution < 1.29 is 33.4 Å². The van der Waals surface area contributed by atoms with E-state index in [1.165, 1.54) is 5.38 Å². The summed E-state index contributed by atoms with van der Waals surface area (Å²) in [7, 11) is 0. The highest BCUT2D eigenvalue weighted by Gasteiger charge is 2.50.